The smallest absolute Gasteiger partial charge is 0.187 e. The lowest BCUT2D eigenvalue weighted by Gasteiger charge is -2.25. The Hall–Kier alpha value is -0.750. The van der Waals surface area contributed by atoms with E-state index in [9.17, 15) is 9.90 Å². The minimum atomic E-state index is -1.03. The van der Waals surface area contributed by atoms with Gasteiger partial charge in [0, 0.05) is 6.42 Å². The van der Waals surface area contributed by atoms with Crippen molar-refractivity contribution in [3.63, 3.8) is 0 Å². The first-order valence-corrected chi connectivity index (χ1v) is 5.53. The summed E-state index contributed by atoms with van der Waals surface area (Å²) in [4.78, 5) is 11.2. The van der Waals surface area contributed by atoms with Gasteiger partial charge in [-0.1, -0.05) is 0 Å². The van der Waals surface area contributed by atoms with E-state index in [1.54, 1.807) is 6.08 Å². The highest BCUT2D eigenvalue weighted by Gasteiger charge is 2.58. The molecule has 0 radical (unpaired) electrons. The van der Waals surface area contributed by atoms with E-state index in [4.69, 9.17) is 14.2 Å². The molecule has 0 aromatic rings. The zero-order chi connectivity index (χ0) is 11.2. The molecule has 16 heavy (non-hydrogen) atoms. The van der Waals surface area contributed by atoms with Crippen LogP contribution < -0.4 is 0 Å². The van der Waals surface area contributed by atoms with Gasteiger partial charge in [-0.05, 0) is 18.6 Å². The van der Waals surface area contributed by atoms with Crippen molar-refractivity contribution in [2.75, 3.05) is 13.2 Å². The average molecular weight is 226 g/mol. The Balaban J connectivity index is 1.61. The van der Waals surface area contributed by atoms with Crippen LogP contribution >= 0.6 is 0 Å². The molecule has 0 aromatic heterocycles. The van der Waals surface area contributed by atoms with Crippen LogP contribution in [0.1, 0.15) is 12.8 Å². The van der Waals surface area contributed by atoms with Crippen LogP contribution in [0, 0.1) is 0 Å². The Bertz CT molecular complexity index is 333. The van der Waals surface area contributed by atoms with Gasteiger partial charge in [0.15, 0.2) is 12.1 Å². The average Bonchev–Trinajstić information content (AvgIpc) is 2.94. The van der Waals surface area contributed by atoms with Crippen LogP contribution in [-0.4, -0.2) is 48.2 Å². The predicted molar refractivity (Wildman–Crippen MR) is 52.7 cm³/mol. The van der Waals surface area contributed by atoms with Gasteiger partial charge in [0.25, 0.3) is 0 Å². The first-order valence-electron chi connectivity index (χ1n) is 5.53. The monoisotopic (exact) mass is 226 g/mol. The standard InChI is InChI=1S/C11H14O5/c12-7-1-3-11(13,10-9(7)16-10)4-2-8-14-5-6-15-8/h1,3,8-10,13H,2,4-6H2/t9-,10-,11+/m1/s1. The fraction of sp³-hybridized carbons (Fsp3) is 0.727. The zero-order valence-electron chi connectivity index (χ0n) is 8.80. The third-order valence-electron chi connectivity index (χ3n) is 3.27. The van der Waals surface area contributed by atoms with Crippen LogP contribution in [0.5, 0.6) is 0 Å². The summed E-state index contributed by atoms with van der Waals surface area (Å²) in [6.45, 7) is 1.22. The summed E-state index contributed by atoms with van der Waals surface area (Å²) in [5, 5.41) is 10.3. The van der Waals surface area contributed by atoms with Gasteiger partial charge in [-0.25, -0.2) is 0 Å². The molecule has 5 nitrogen and oxygen atoms in total. The van der Waals surface area contributed by atoms with Gasteiger partial charge in [-0.2, -0.15) is 0 Å². The van der Waals surface area contributed by atoms with Crippen LogP contribution in [0.2, 0.25) is 0 Å². The highest BCUT2D eigenvalue weighted by atomic mass is 16.7. The molecule has 3 atom stereocenters. The van der Waals surface area contributed by atoms with Gasteiger partial charge >= 0.3 is 0 Å². The molecular formula is C11H14O5. The summed E-state index contributed by atoms with van der Waals surface area (Å²) in [6.07, 6.45) is 3.02. The lowest BCUT2D eigenvalue weighted by atomic mass is 9.86. The van der Waals surface area contributed by atoms with Gasteiger partial charge in [0.2, 0.25) is 0 Å². The maximum Gasteiger partial charge on any atom is 0.187 e. The molecule has 0 spiro atoms. The summed E-state index contributed by atoms with van der Waals surface area (Å²) < 4.78 is 15.8. The molecule has 88 valence electrons. The molecule has 2 heterocycles. The Morgan fingerprint density at radius 3 is 2.94 bits per heavy atom. The molecule has 3 rings (SSSR count). The first-order chi connectivity index (χ1) is 7.69. The van der Waals surface area contributed by atoms with E-state index in [1.807, 2.05) is 0 Å². The van der Waals surface area contributed by atoms with Crippen molar-refractivity contribution in [3.8, 4) is 0 Å². The van der Waals surface area contributed by atoms with E-state index < -0.39 is 11.7 Å². The van der Waals surface area contributed by atoms with E-state index >= 15 is 0 Å². The number of carbonyl (C=O) groups excluding carboxylic acids is 1. The number of ketones is 1. The fourth-order valence-corrected chi connectivity index (χ4v) is 2.27. The highest BCUT2D eigenvalue weighted by Crippen LogP contribution is 2.40. The number of hydrogen-bond acceptors (Lipinski definition) is 5. The van der Waals surface area contributed by atoms with Crippen LogP contribution in [-0.2, 0) is 19.0 Å². The van der Waals surface area contributed by atoms with Crippen LogP contribution in [0.15, 0.2) is 12.2 Å². The maximum absolute atomic E-state index is 11.2. The Labute approximate surface area is 93.0 Å². The van der Waals surface area contributed by atoms with Crippen molar-refractivity contribution in [1.29, 1.82) is 0 Å². The first kappa shape index (κ1) is 10.4. The number of hydrogen-bond donors (Lipinski definition) is 1. The predicted octanol–water partition coefficient (Wildman–Crippen LogP) is -0.223. The largest absolute Gasteiger partial charge is 0.383 e. The number of fused-ring (bicyclic) bond motifs is 1. The number of carbonyl (C=O) groups is 1. The summed E-state index contributed by atoms with van der Waals surface area (Å²) >= 11 is 0. The molecule has 1 aliphatic carbocycles. The number of epoxide rings is 1. The molecule has 0 saturated carbocycles. The van der Waals surface area contributed by atoms with Crippen LogP contribution in [0.25, 0.3) is 0 Å². The Morgan fingerprint density at radius 1 is 1.44 bits per heavy atom. The van der Waals surface area contributed by atoms with E-state index in [-0.39, 0.29) is 18.2 Å². The number of rotatable bonds is 3. The molecular weight excluding hydrogens is 212 g/mol. The van der Waals surface area contributed by atoms with Gasteiger partial charge in [0.05, 0.1) is 13.2 Å². The fourth-order valence-electron chi connectivity index (χ4n) is 2.27. The Morgan fingerprint density at radius 2 is 2.19 bits per heavy atom. The molecule has 2 saturated heterocycles. The summed E-state index contributed by atoms with van der Waals surface area (Å²) in [7, 11) is 0. The third kappa shape index (κ3) is 1.69. The van der Waals surface area contributed by atoms with Gasteiger partial charge < -0.3 is 19.3 Å². The molecule has 1 N–H and O–H groups in total. The van der Waals surface area contributed by atoms with Crippen molar-refractivity contribution in [2.24, 2.45) is 0 Å². The molecule has 5 heteroatoms. The quantitative estimate of drug-likeness (QED) is 0.674. The van der Waals surface area contributed by atoms with Crippen LogP contribution in [0.4, 0.5) is 0 Å². The van der Waals surface area contributed by atoms with Gasteiger partial charge in [-0.15, -0.1) is 0 Å². The highest BCUT2D eigenvalue weighted by molar-refractivity contribution is 5.97. The van der Waals surface area contributed by atoms with E-state index in [0.717, 1.165) is 0 Å². The topological polar surface area (TPSA) is 68.3 Å². The summed E-state index contributed by atoms with van der Waals surface area (Å²) in [5.41, 5.74) is -1.03. The van der Waals surface area contributed by atoms with Crippen molar-refractivity contribution < 1.29 is 24.1 Å². The maximum atomic E-state index is 11.2. The lowest BCUT2D eigenvalue weighted by molar-refractivity contribution is -0.116. The molecule has 0 amide bonds. The van der Waals surface area contributed by atoms with Gasteiger partial charge in [0.1, 0.15) is 17.8 Å². The molecule has 0 unspecified atom stereocenters. The molecule has 2 aliphatic heterocycles. The van der Waals surface area contributed by atoms with E-state index in [1.165, 1.54) is 6.08 Å². The zero-order valence-corrected chi connectivity index (χ0v) is 8.80. The minimum absolute atomic E-state index is 0.0527. The van der Waals surface area contributed by atoms with Crippen molar-refractivity contribution in [1.82, 2.24) is 0 Å². The second-order valence-electron chi connectivity index (χ2n) is 4.41. The molecule has 2 fully saturated rings. The van der Waals surface area contributed by atoms with Crippen molar-refractivity contribution >= 4 is 5.78 Å². The minimum Gasteiger partial charge on any atom is -0.383 e. The SMILES string of the molecule is O=C1C=C[C@](O)(CCC2OCCO2)[C@@H]2O[C@H]12. The van der Waals surface area contributed by atoms with Crippen molar-refractivity contribution in [2.45, 2.75) is 36.9 Å². The molecule has 3 aliphatic rings. The van der Waals surface area contributed by atoms with Crippen molar-refractivity contribution in [3.05, 3.63) is 12.2 Å². The summed E-state index contributed by atoms with van der Waals surface area (Å²) in [6, 6.07) is 0. The second kappa shape index (κ2) is 3.63. The van der Waals surface area contributed by atoms with E-state index in [2.05, 4.69) is 0 Å². The van der Waals surface area contributed by atoms with Crippen LogP contribution in [0.3, 0.4) is 0 Å². The number of ether oxygens (including phenoxy) is 3. The lowest BCUT2D eigenvalue weighted by Crippen LogP contribution is -2.39. The number of aliphatic hydroxyl groups is 1. The normalized spacial score (nSPS) is 42.4. The third-order valence-corrected chi connectivity index (χ3v) is 3.27. The van der Waals surface area contributed by atoms with Gasteiger partial charge in [-0.3, -0.25) is 4.79 Å². The molecule has 0 bridgehead atoms. The molecule has 0 aromatic carbocycles. The summed E-state index contributed by atoms with van der Waals surface area (Å²) in [5.74, 6) is -0.0527. The Kier molecular flexibility index (Phi) is 2.36. The van der Waals surface area contributed by atoms with E-state index in [0.29, 0.717) is 26.1 Å². The second-order valence-corrected chi connectivity index (χ2v) is 4.41.